The first kappa shape index (κ1) is 15.4. The summed E-state index contributed by atoms with van der Waals surface area (Å²) in [6.07, 6.45) is 1.29. The predicted molar refractivity (Wildman–Crippen MR) is 89.7 cm³/mol. The molecule has 122 valence electrons. The molecule has 3 rings (SSSR count). The van der Waals surface area contributed by atoms with Gasteiger partial charge in [-0.15, -0.1) is 0 Å². The summed E-state index contributed by atoms with van der Waals surface area (Å²) in [5.74, 6) is 0.0989. The summed E-state index contributed by atoms with van der Waals surface area (Å²) < 4.78 is 5.15. The van der Waals surface area contributed by atoms with E-state index < -0.39 is 5.91 Å². The Kier molecular flexibility index (Phi) is 4.07. The fraction of sp³-hybridized carbons (Fsp3) is 0.0588. The van der Waals surface area contributed by atoms with E-state index >= 15 is 0 Å². The van der Waals surface area contributed by atoms with E-state index in [0.717, 1.165) is 10.9 Å². The van der Waals surface area contributed by atoms with Crippen LogP contribution in [-0.2, 0) is 0 Å². The van der Waals surface area contributed by atoms with Crippen LogP contribution in [0.5, 0.6) is 17.2 Å². The number of hydrogen-bond donors (Lipinski definition) is 4. The minimum absolute atomic E-state index is 0.0535. The lowest BCUT2D eigenvalue weighted by atomic mass is 10.2. The highest BCUT2D eigenvalue weighted by molar-refractivity contribution is 5.98. The van der Waals surface area contributed by atoms with E-state index in [0.29, 0.717) is 17.0 Å². The third-order valence-electron chi connectivity index (χ3n) is 3.46. The predicted octanol–water partition coefficient (Wildman–Crippen LogP) is 2.35. The van der Waals surface area contributed by atoms with E-state index in [4.69, 9.17) is 4.74 Å². The second-order valence-electron chi connectivity index (χ2n) is 5.08. The summed E-state index contributed by atoms with van der Waals surface area (Å²) in [5, 5.41) is 23.5. The summed E-state index contributed by atoms with van der Waals surface area (Å²) in [6.45, 7) is 0. The van der Waals surface area contributed by atoms with E-state index in [1.165, 1.54) is 24.4 Å². The van der Waals surface area contributed by atoms with Crippen LogP contribution < -0.4 is 10.2 Å². The molecule has 1 aromatic heterocycles. The summed E-state index contributed by atoms with van der Waals surface area (Å²) >= 11 is 0. The lowest BCUT2D eigenvalue weighted by molar-refractivity contribution is 0.0951. The van der Waals surface area contributed by atoms with Gasteiger partial charge in [0, 0.05) is 22.5 Å². The molecule has 4 N–H and O–H groups in total. The second-order valence-corrected chi connectivity index (χ2v) is 5.08. The molecule has 7 heteroatoms. The zero-order valence-corrected chi connectivity index (χ0v) is 12.8. The number of carbonyl (C=O) groups is 1. The number of aromatic nitrogens is 1. The van der Waals surface area contributed by atoms with Gasteiger partial charge in [0.25, 0.3) is 5.91 Å². The molecule has 0 bridgehead atoms. The van der Waals surface area contributed by atoms with Gasteiger partial charge < -0.3 is 19.9 Å². The maximum Gasteiger partial charge on any atom is 0.287 e. The largest absolute Gasteiger partial charge is 0.508 e. The number of methoxy groups -OCH3 is 1. The van der Waals surface area contributed by atoms with Crippen LogP contribution in [0.4, 0.5) is 0 Å². The van der Waals surface area contributed by atoms with Gasteiger partial charge in [0.1, 0.15) is 22.9 Å². The molecule has 3 aromatic rings. The smallest absolute Gasteiger partial charge is 0.287 e. The number of benzene rings is 2. The van der Waals surface area contributed by atoms with Gasteiger partial charge in [-0.2, -0.15) is 5.10 Å². The third kappa shape index (κ3) is 3.14. The van der Waals surface area contributed by atoms with Gasteiger partial charge in [0.15, 0.2) is 0 Å². The number of rotatable bonds is 4. The zero-order valence-electron chi connectivity index (χ0n) is 12.8. The Labute approximate surface area is 137 Å². The third-order valence-corrected chi connectivity index (χ3v) is 3.46. The molecule has 7 nitrogen and oxygen atoms in total. The normalized spacial score (nSPS) is 11.0. The Hall–Kier alpha value is -3.48. The van der Waals surface area contributed by atoms with E-state index in [1.54, 1.807) is 19.2 Å². The van der Waals surface area contributed by atoms with Crippen molar-refractivity contribution in [2.24, 2.45) is 5.10 Å². The number of H-pyrrole nitrogens is 1. The number of fused-ring (bicyclic) bond motifs is 1. The van der Waals surface area contributed by atoms with Gasteiger partial charge in [-0.05, 0) is 36.4 Å². The van der Waals surface area contributed by atoms with Crippen LogP contribution in [0.3, 0.4) is 0 Å². The fourth-order valence-electron chi connectivity index (χ4n) is 2.22. The SMILES string of the molecule is COc1ccc2[nH]c(C(=O)NN=Cc3ccc(O)cc3O)cc2c1. The van der Waals surface area contributed by atoms with Crippen molar-refractivity contribution in [3.05, 3.63) is 53.7 Å². The minimum atomic E-state index is -0.417. The van der Waals surface area contributed by atoms with Crippen LogP contribution in [0.1, 0.15) is 16.1 Å². The fourth-order valence-corrected chi connectivity index (χ4v) is 2.22. The molecule has 0 aliphatic heterocycles. The van der Waals surface area contributed by atoms with Crippen LogP contribution in [0.2, 0.25) is 0 Å². The molecule has 0 radical (unpaired) electrons. The van der Waals surface area contributed by atoms with Crippen molar-refractivity contribution in [2.75, 3.05) is 7.11 Å². The highest BCUT2D eigenvalue weighted by Gasteiger charge is 2.09. The van der Waals surface area contributed by atoms with Crippen molar-refractivity contribution in [3.63, 3.8) is 0 Å². The number of carbonyl (C=O) groups excluding carboxylic acids is 1. The highest BCUT2D eigenvalue weighted by atomic mass is 16.5. The maximum absolute atomic E-state index is 12.1. The first-order valence-electron chi connectivity index (χ1n) is 7.09. The van der Waals surface area contributed by atoms with Crippen LogP contribution in [0.15, 0.2) is 47.6 Å². The monoisotopic (exact) mass is 325 g/mol. The van der Waals surface area contributed by atoms with Crippen molar-refractivity contribution in [1.29, 1.82) is 0 Å². The van der Waals surface area contributed by atoms with E-state index in [1.807, 2.05) is 12.1 Å². The molecule has 0 unspecified atom stereocenters. The average molecular weight is 325 g/mol. The maximum atomic E-state index is 12.1. The molecule has 0 saturated carbocycles. The molecule has 0 atom stereocenters. The molecule has 0 saturated heterocycles. The van der Waals surface area contributed by atoms with Crippen LogP contribution in [0.25, 0.3) is 10.9 Å². The Morgan fingerprint density at radius 2 is 2.04 bits per heavy atom. The quantitative estimate of drug-likeness (QED) is 0.436. The molecule has 0 aliphatic carbocycles. The number of ether oxygens (including phenoxy) is 1. The van der Waals surface area contributed by atoms with Crippen LogP contribution in [0, 0.1) is 0 Å². The Morgan fingerprint density at radius 3 is 2.79 bits per heavy atom. The van der Waals surface area contributed by atoms with Gasteiger partial charge in [-0.25, -0.2) is 5.43 Å². The molecule has 1 amide bonds. The van der Waals surface area contributed by atoms with E-state index in [9.17, 15) is 15.0 Å². The number of aromatic amines is 1. The van der Waals surface area contributed by atoms with Gasteiger partial charge in [0.2, 0.25) is 0 Å². The van der Waals surface area contributed by atoms with Crippen molar-refractivity contribution in [2.45, 2.75) is 0 Å². The molecule has 0 fully saturated rings. The summed E-state index contributed by atoms with van der Waals surface area (Å²) in [7, 11) is 1.58. The molecule has 0 aliphatic rings. The topological polar surface area (TPSA) is 107 Å². The van der Waals surface area contributed by atoms with Crippen LogP contribution in [-0.4, -0.2) is 34.4 Å². The minimum Gasteiger partial charge on any atom is -0.508 e. The second kappa shape index (κ2) is 6.33. The molecular formula is C17H15N3O4. The Balaban J connectivity index is 1.73. The molecule has 0 spiro atoms. The van der Waals surface area contributed by atoms with Crippen molar-refractivity contribution < 1.29 is 19.7 Å². The summed E-state index contributed by atoms with van der Waals surface area (Å²) in [4.78, 5) is 15.1. The first-order valence-corrected chi connectivity index (χ1v) is 7.09. The summed E-state index contributed by atoms with van der Waals surface area (Å²) in [6, 6.07) is 11.2. The molecule has 1 heterocycles. The van der Waals surface area contributed by atoms with E-state index in [2.05, 4.69) is 15.5 Å². The number of amides is 1. The Morgan fingerprint density at radius 1 is 1.21 bits per heavy atom. The number of nitrogens with one attached hydrogen (secondary N) is 2. The number of aromatic hydroxyl groups is 2. The van der Waals surface area contributed by atoms with Crippen molar-refractivity contribution in [3.8, 4) is 17.2 Å². The number of hydrogen-bond acceptors (Lipinski definition) is 5. The van der Waals surface area contributed by atoms with E-state index in [-0.39, 0.29) is 11.5 Å². The van der Waals surface area contributed by atoms with Gasteiger partial charge in [-0.3, -0.25) is 4.79 Å². The van der Waals surface area contributed by atoms with Gasteiger partial charge >= 0.3 is 0 Å². The highest BCUT2D eigenvalue weighted by Crippen LogP contribution is 2.22. The number of phenols is 2. The zero-order chi connectivity index (χ0) is 17.1. The molecule has 24 heavy (non-hydrogen) atoms. The standard InChI is InChI=1S/C17H15N3O4/c1-24-13-4-5-14-11(6-13)7-15(19-14)17(23)20-18-9-10-2-3-12(21)8-16(10)22/h2-9,19,21-22H,1H3,(H,20,23). The first-order chi connectivity index (χ1) is 11.6. The van der Waals surface area contributed by atoms with Crippen molar-refractivity contribution in [1.82, 2.24) is 10.4 Å². The number of phenolic OH excluding ortho intramolecular Hbond substituents is 2. The lowest BCUT2D eigenvalue weighted by Gasteiger charge is -1.99. The number of nitrogens with zero attached hydrogens (tertiary/aromatic N) is 1. The molecular weight excluding hydrogens is 310 g/mol. The van der Waals surface area contributed by atoms with Crippen LogP contribution >= 0.6 is 0 Å². The average Bonchev–Trinajstić information content (AvgIpc) is 2.99. The Bertz CT molecular complexity index is 931. The van der Waals surface area contributed by atoms with Crippen molar-refractivity contribution >= 4 is 23.0 Å². The summed E-state index contributed by atoms with van der Waals surface area (Å²) in [5.41, 5.74) is 3.90. The lowest BCUT2D eigenvalue weighted by Crippen LogP contribution is -2.17. The van der Waals surface area contributed by atoms with Gasteiger partial charge in [-0.1, -0.05) is 0 Å². The number of hydrazone groups is 1. The molecule has 2 aromatic carbocycles. The van der Waals surface area contributed by atoms with Gasteiger partial charge in [0.05, 0.1) is 13.3 Å².